The predicted octanol–water partition coefficient (Wildman–Crippen LogP) is 8.22. The fraction of sp³-hybridized carbons (Fsp3) is 0.0889. The van der Waals surface area contributed by atoms with Crippen molar-refractivity contribution in [3.63, 3.8) is 0 Å². The lowest BCUT2D eigenvalue weighted by atomic mass is 10.0. The highest BCUT2D eigenvalue weighted by Crippen LogP contribution is 2.24. The fourth-order valence-electron chi connectivity index (χ4n) is 5.16. The van der Waals surface area contributed by atoms with E-state index in [-0.39, 0.29) is 41.4 Å². The van der Waals surface area contributed by atoms with Crippen LogP contribution in [0.4, 0.5) is 0 Å². The molecule has 0 saturated heterocycles. The van der Waals surface area contributed by atoms with E-state index in [1.54, 1.807) is 72.8 Å². The van der Waals surface area contributed by atoms with Crippen molar-refractivity contribution in [2.24, 2.45) is 0 Å². The molecular weight excluding hydrogens is 732 g/mol. The second-order valence-corrected chi connectivity index (χ2v) is 11.9. The van der Waals surface area contributed by atoms with Crippen LogP contribution in [-0.2, 0) is 17.9 Å². The summed E-state index contributed by atoms with van der Waals surface area (Å²) in [5.74, 6) is -0.999. The van der Waals surface area contributed by atoms with Gasteiger partial charge in [-0.05, 0) is 102 Å². The number of aromatic hydroxyl groups is 1. The van der Waals surface area contributed by atoms with Crippen LogP contribution in [0.1, 0.15) is 47.8 Å². The van der Waals surface area contributed by atoms with E-state index in [1.165, 1.54) is 24.3 Å². The van der Waals surface area contributed by atoms with Gasteiger partial charge < -0.3 is 39.2 Å². The quantitative estimate of drug-likeness (QED) is 0.0216. The summed E-state index contributed by atoms with van der Waals surface area (Å²) < 4.78 is 21.7. The Morgan fingerprint density at radius 2 is 1.11 bits per heavy atom. The van der Waals surface area contributed by atoms with Crippen molar-refractivity contribution in [2.45, 2.75) is 13.0 Å². The monoisotopic (exact) mass is 768 g/mol. The number of esters is 1. The number of phenolic OH excluding ortho intramolecular Hbond substituents is 1. The molecule has 0 fully saturated rings. The summed E-state index contributed by atoms with van der Waals surface area (Å²) in [6.07, 6.45) is 7.65. The fourth-order valence-corrected chi connectivity index (χ4v) is 5.16. The number of hydrogen-bond donors (Lipinski definition) is 3. The van der Waals surface area contributed by atoms with Crippen molar-refractivity contribution < 1.29 is 58.4 Å². The number of aromatic carboxylic acids is 2. The lowest BCUT2D eigenvalue weighted by Gasteiger charge is -2.12. The first-order chi connectivity index (χ1) is 27.7. The van der Waals surface area contributed by atoms with Crippen molar-refractivity contribution >= 4 is 17.9 Å². The third kappa shape index (κ3) is 12.7. The Kier molecular flexibility index (Phi) is 14.6. The first-order valence-corrected chi connectivity index (χ1v) is 17.3. The largest absolute Gasteiger partial charge is 0.508 e. The van der Waals surface area contributed by atoms with E-state index in [0.717, 1.165) is 16.9 Å². The normalized spacial score (nSPS) is 10.2. The highest BCUT2D eigenvalue weighted by Gasteiger charge is 2.20. The van der Waals surface area contributed by atoms with E-state index in [4.69, 9.17) is 40.3 Å². The number of carbonyl (C=O) groups excluding carboxylic acids is 1. The third-order valence-corrected chi connectivity index (χ3v) is 7.88. The van der Waals surface area contributed by atoms with E-state index >= 15 is 0 Å². The molecule has 12 heteroatoms. The van der Waals surface area contributed by atoms with Crippen molar-refractivity contribution in [3.05, 3.63) is 179 Å². The van der Waals surface area contributed by atoms with Gasteiger partial charge in [0, 0.05) is 5.56 Å². The number of terminal acetylenes is 1. The number of hydrogen-bond acceptors (Lipinski definition) is 10. The minimum Gasteiger partial charge on any atom is -0.508 e. The minimum absolute atomic E-state index is 0.0616. The lowest BCUT2D eigenvalue weighted by Crippen LogP contribution is -2.14. The molecule has 0 aliphatic carbocycles. The van der Waals surface area contributed by atoms with E-state index in [2.05, 4.69) is 0 Å². The van der Waals surface area contributed by atoms with Crippen LogP contribution in [0.25, 0.3) is 0 Å². The molecule has 0 radical (unpaired) electrons. The van der Waals surface area contributed by atoms with Crippen molar-refractivity contribution in [2.75, 3.05) is 13.2 Å². The molecule has 0 aromatic heterocycles. The molecule has 6 rings (SSSR count). The van der Waals surface area contributed by atoms with Crippen molar-refractivity contribution in [3.8, 4) is 47.0 Å². The Morgan fingerprint density at radius 3 is 1.68 bits per heavy atom. The molecule has 6 aromatic rings. The number of phenols is 1. The molecule has 0 amide bonds. The first-order valence-electron chi connectivity index (χ1n) is 17.3. The van der Waals surface area contributed by atoms with Gasteiger partial charge in [0.15, 0.2) is 5.75 Å². The number of carbonyl (C=O) groups is 3. The lowest BCUT2D eigenvalue weighted by molar-refractivity contribution is -0.217. The van der Waals surface area contributed by atoms with Gasteiger partial charge in [-0.2, -0.15) is 4.89 Å². The van der Waals surface area contributed by atoms with Gasteiger partial charge in [-0.15, -0.1) is 0 Å². The van der Waals surface area contributed by atoms with Crippen LogP contribution >= 0.6 is 0 Å². The molecule has 0 aliphatic heterocycles. The van der Waals surface area contributed by atoms with Crippen LogP contribution in [0, 0.1) is 12.5 Å². The zero-order chi connectivity index (χ0) is 40.4. The number of carboxylic acids is 2. The van der Waals surface area contributed by atoms with Crippen LogP contribution in [0.15, 0.2) is 146 Å². The van der Waals surface area contributed by atoms with Crippen LogP contribution in [0.2, 0.25) is 0 Å². The molecule has 0 aliphatic rings. The predicted molar refractivity (Wildman–Crippen MR) is 208 cm³/mol. The van der Waals surface area contributed by atoms with Crippen LogP contribution in [0.3, 0.4) is 0 Å². The smallest absolute Gasteiger partial charge is 0.344 e. The summed E-state index contributed by atoms with van der Waals surface area (Å²) in [5.41, 5.74) is 1.85. The number of ether oxygens (including phenoxy) is 4. The van der Waals surface area contributed by atoms with Crippen LogP contribution < -0.4 is 23.8 Å². The van der Waals surface area contributed by atoms with Gasteiger partial charge in [0.1, 0.15) is 54.7 Å². The van der Waals surface area contributed by atoms with Crippen molar-refractivity contribution in [1.82, 2.24) is 0 Å². The van der Waals surface area contributed by atoms with Gasteiger partial charge in [-0.3, -0.25) is 0 Å². The second-order valence-electron chi connectivity index (χ2n) is 11.9. The minimum atomic E-state index is -1.30. The van der Waals surface area contributed by atoms with Gasteiger partial charge >= 0.3 is 17.9 Å². The maximum Gasteiger partial charge on any atom is 0.344 e. The number of carboxylic acid groups (broad SMARTS) is 2. The second kappa shape index (κ2) is 20.6. The molecule has 6 aromatic carbocycles. The number of rotatable bonds is 16. The van der Waals surface area contributed by atoms with E-state index in [1.807, 2.05) is 54.6 Å². The van der Waals surface area contributed by atoms with Gasteiger partial charge in [0.2, 0.25) is 0 Å². The summed E-state index contributed by atoms with van der Waals surface area (Å²) in [7, 11) is 0. The molecule has 3 N–H and O–H groups in total. The zero-order valence-corrected chi connectivity index (χ0v) is 30.3. The van der Waals surface area contributed by atoms with E-state index in [0.29, 0.717) is 35.8 Å². The average molecular weight is 769 g/mol. The molecule has 0 bridgehead atoms. The highest BCUT2D eigenvalue weighted by atomic mass is 17.2. The Morgan fingerprint density at radius 1 is 0.561 bits per heavy atom. The molecular formula is C45H36O12. The Balaban J connectivity index is 0.000000799. The molecule has 0 saturated carbocycles. The molecule has 0 unspecified atom stereocenters. The molecule has 12 nitrogen and oxygen atoms in total. The average Bonchev–Trinajstić information content (AvgIpc) is 3.22. The number of para-hydroxylation sites is 2. The molecule has 0 heterocycles. The van der Waals surface area contributed by atoms with Gasteiger partial charge in [-0.1, -0.05) is 67.1 Å². The third-order valence-electron chi connectivity index (χ3n) is 7.88. The van der Waals surface area contributed by atoms with E-state index < -0.39 is 17.9 Å². The van der Waals surface area contributed by atoms with Crippen LogP contribution in [-0.4, -0.2) is 46.4 Å². The maximum absolute atomic E-state index is 12.8. The Bertz CT molecular complexity index is 2280. The van der Waals surface area contributed by atoms with Gasteiger partial charge in [0.05, 0.1) is 16.7 Å². The standard InChI is InChI=1S/C39H30O11.C6H6O/c1-2-45-33-17-19-35(38(42)43)36(24-33)39(44)49-30-12-8-26(9-13-30)22-27-10-14-31(15-11-27)50-48-25-28-23-32(16-18-34(28)37(40)41)47-21-20-46-29-6-4-3-5-7-29;7-6-4-2-1-3-5-6/h1,3-19,23-24H,20-22,25H2,(H,40,41)(H,42,43);1-5,7H. The van der Waals surface area contributed by atoms with Crippen LogP contribution in [0.5, 0.6) is 34.5 Å². The molecule has 57 heavy (non-hydrogen) atoms. The highest BCUT2D eigenvalue weighted by molar-refractivity contribution is 6.03. The topological polar surface area (TPSA) is 167 Å². The Hall–Kier alpha value is -7.75. The first kappa shape index (κ1) is 40.4. The van der Waals surface area contributed by atoms with Gasteiger partial charge in [-0.25, -0.2) is 14.4 Å². The maximum atomic E-state index is 12.8. The summed E-state index contributed by atoms with van der Waals surface area (Å²) in [6, 6.07) is 40.3. The molecule has 288 valence electrons. The Labute approximate surface area is 327 Å². The SMILES string of the molecule is C#COc1ccc(C(=O)O)c(C(=O)Oc2ccc(Cc3ccc(OOCc4cc(OCCOc5ccccc5)ccc4C(=O)O)cc3)cc2)c1.Oc1ccccc1. The molecule has 0 spiro atoms. The van der Waals surface area contributed by atoms with Crippen molar-refractivity contribution in [1.29, 1.82) is 0 Å². The number of benzene rings is 6. The summed E-state index contributed by atoms with van der Waals surface area (Å²) in [4.78, 5) is 46.9. The summed E-state index contributed by atoms with van der Waals surface area (Å²) in [5, 5.41) is 27.7. The van der Waals surface area contributed by atoms with Gasteiger partial charge in [0.25, 0.3) is 0 Å². The molecule has 0 atom stereocenters. The summed E-state index contributed by atoms with van der Waals surface area (Å²) >= 11 is 0. The summed E-state index contributed by atoms with van der Waals surface area (Å²) in [6.45, 7) is 0.435. The zero-order valence-electron chi connectivity index (χ0n) is 30.3. The van der Waals surface area contributed by atoms with E-state index in [9.17, 15) is 24.6 Å².